The van der Waals surface area contributed by atoms with Gasteiger partial charge in [0.2, 0.25) is 5.91 Å². The number of hydrogen-bond donors (Lipinski definition) is 1. The van der Waals surface area contributed by atoms with Crippen LogP contribution in [0.4, 0.5) is 11.4 Å². The highest BCUT2D eigenvalue weighted by Crippen LogP contribution is 2.20. The number of carbonyl (C=O) groups is 2. The SMILES string of the molecule is Cc1cccc(CC(=O)N2CCN(c3ccc(NC(=O)C(Cl)Cl)cc3)CC2)c1. The number of rotatable bonds is 5. The molecule has 3 rings (SSSR count). The van der Waals surface area contributed by atoms with Crippen molar-refractivity contribution in [2.75, 3.05) is 36.4 Å². The van der Waals surface area contributed by atoms with Crippen LogP contribution >= 0.6 is 23.2 Å². The number of amides is 2. The number of carbonyl (C=O) groups excluding carboxylic acids is 2. The van der Waals surface area contributed by atoms with Gasteiger partial charge < -0.3 is 15.1 Å². The van der Waals surface area contributed by atoms with Crippen LogP contribution in [0, 0.1) is 6.92 Å². The Bertz CT molecular complexity index is 832. The van der Waals surface area contributed by atoms with Crippen LogP contribution in [0.5, 0.6) is 0 Å². The molecule has 0 spiro atoms. The first-order valence-electron chi connectivity index (χ1n) is 9.20. The Morgan fingerprint density at radius 2 is 1.71 bits per heavy atom. The first-order valence-corrected chi connectivity index (χ1v) is 10.1. The maximum Gasteiger partial charge on any atom is 0.257 e. The van der Waals surface area contributed by atoms with E-state index in [1.165, 1.54) is 5.56 Å². The van der Waals surface area contributed by atoms with Gasteiger partial charge >= 0.3 is 0 Å². The maximum atomic E-state index is 12.6. The number of alkyl halides is 2. The zero-order valence-corrected chi connectivity index (χ0v) is 17.2. The molecule has 0 saturated carbocycles. The monoisotopic (exact) mass is 419 g/mol. The minimum Gasteiger partial charge on any atom is -0.368 e. The van der Waals surface area contributed by atoms with Crippen LogP contribution in [0.1, 0.15) is 11.1 Å². The molecule has 2 aromatic rings. The first-order chi connectivity index (χ1) is 13.4. The smallest absolute Gasteiger partial charge is 0.257 e. The molecule has 0 aliphatic carbocycles. The van der Waals surface area contributed by atoms with Crippen molar-refractivity contribution in [2.24, 2.45) is 0 Å². The van der Waals surface area contributed by atoms with Crippen LogP contribution in [0.3, 0.4) is 0 Å². The van der Waals surface area contributed by atoms with Gasteiger partial charge in [0.25, 0.3) is 5.91 Å². The highest BCUT2D eigenvalue weighted by molar-refractivity contribution is 6.54. The summed E-state index contributed by atoms with van der Waals surface area (Å²) in [5, 5.41) is 2.65. The molecule has 1 saturated heterocycles. The van der Waals surface area contributed by atoms with Crippen molar-refractivity contribution in [3.8, 4) is 0 Å². The predicted molar refractivity (Wildman–Crippen MR) is 114 cm³/mol. The van der Waals surface area contributed by atoms with Gasteiger partial charge in [-0.05, 0) is 36.8 Å². The van der Waals surface area contributed by atoms with Crippen LogP contribution in [-0.2, 0) is 16.0 Å². The third kappa shape index (κ3) is 5.40. The Morgan fingerprint density at radius 3 is 2.32 bits per heavy atom. The summed E-state index contributed by atoms with van der Waals surface area (Å²) in [6, 6.07) is 15.6. The van der Waals surface area contributed by atoms with E-state index in [4.69, 9.17) is 23.2 Å². The minimum atomic E-state index is -1.09. The summed E-state index contributed by atoms with van der Waals surface area (Å²) in [5.74, 6) is -0.281. The number of benzene rings is 2. The summed E-state index contributed by atoms with van der Waals surface area (Å²) in [6.07, 6.45) is 0.443. The fraction of sp³-hybridized carbons (Fsp3) is 0.333. The van der Waals surface area contributed by atoms with Gasteiger partial charge in [-0.1, -0.05) is 53.0 Å². The molecule has 7 heteroatoms. The van der Waals surface area contributed by atoms with E-state index in [1.54, 1.807) is 0 Å². The molecule has 2 aromatic carbocycles. The summed E-state index contributed by atoms with van der Waals surface area (Å²) in [7, 11) is 0. The Hall–Kier alpha value is -2.24. The van der Waals surface area contributed by atoms with Crippen molar-refractivity contribution < 1.29 is 9.59 Å². The van der Waals surface area contributed by atoms with Crippen molar-refractivity contribution in [3.05, 3.63) is 59.7 Å². The van der Waals surface area contributed by atoms with Gasteiger partial charge in [-0.2, -0.15) is 0 Å². The third-order valence-electron chi connectivity index (χ3n) is 4.77. The number of aryl methyl sites for hydroxylation is 1. The Kier molecular flexibility index (Phi) is 6.81. The number of halogens is 2. The number of piperazine rings is 1. The molecule has 1 aliphatic heterocycles. The van der Waals surface area contributed by atoms with E-state index < -0.39 is 10.7 Å². The van der Waals surface area contributed by atoms with Gasteiger partial charge in [-0.15, -0.1) is 0 Å². The zero-order chi connectivity index (χ0) is 20.1. The number of nitrogens with zero attached hydrogens (tertiary/aromatic N) is 2. The second-order valence-corrected chi connectivity index (χ2v) is 7.97. The van der Waals surface area contributed by atoms with Gasteiger partial charge in [0.1, 0.15) is 0 Å². The van der Waals surface area contributed by atoms with Crippen LogP contribution in [0.25, 0.3) is 0 Å². The lowest BCUT2D eigenvalue weighted by Crippen LogP contribution is -2.49. The lowest BCUT2D eigenvalue weighted by atomic mass is 10.1. The van der Waals surface area contributed by atoms with Crippen molar-refractivity contribution in [1.29, 1.82) is 0 Å². The summed E-state index contributed by atoms with van der Waals surface area (Å²) in [6.45, 7) is 4.98. The number of nitrogens with one attached hydrogen (secondary N) is 1. The topological polar surface area (TPSA) is 52.7 Å². The zero-order valence-electron chi connectivity index (χ0n) is 15.7. The largest absolute Gasteiger partial charge is 0.368 e. The second kappa shape index (κ2) is 9.30. The van der Waals surface area contributed by atoms with Gasteiger partial charge in [0, 0.05) is 37.6 Å². The van der Waals surface area contributed by atoms with Gasteiger partial charge in [-0.3, -0.25) is 9.59 Å². The van der Waals surface area contributed by atoms with Crippen molar-refractivity contribution in [1.82, 2.24) is 4.90 Å². The second-order valence-electron chi connectivity index (χ2n) is 6.87. The van der Waals surface area contributed by atoms with Crippen LogP contribution in [0.15, 0.2) is 48.5 Å². The molecule has 1 aliphatic rings. The highest BCUT2D eigenvalue weighted by Gasteiger charge is 2.21. The first kappa shape index (κ1) is 20.5. The minimum absolute atomic E-state index is 0.167. The molecule has 1 heterocycles. The van der Waals surface area contributed by atoms with Gasteiger partial charge in [0.15, 0.2) is 4.84 Å². The molecule has 148 valence electrons. The molecule has 5 nitrogen and oxygen atoms in total. The standard InChI is InChI=1S/C21H23Cl2N3O2/c1-15-3-2-4-16(13-15)14-19(27)26-11-9-25(10-12-26)18-7-5-17(6-8-18)24-21(28)20(22)23/h2-8,13,20H,9-12,14H2,1H3,(H,24,28). The van der Waals surface area contributed by atoms with E-state index in [-0.39, 0.29) is 5.91 Å². The fourth-order valence-electron chi connectivity index (χ4n) is 3.27. The van der Waals surface area contributed by atoms with Gasteiger partial charge in [0.05, 0.1) is 6.42 Å². The molecule has 0 aromatic heterocycles. The highest BCUT2D eigenvalue weighted by atomic mass is 35.5. The maximum absolute atomic E-state index is 12.6. The molecule has 28 heavy (non-hydrogen) atoms. The van der Waals surface area contributed by atoms with E-state index >= 15 is 0 Å². The number of anilines is 2. The normalized spacial score (nSPS) is 14.3. The summed E-state index contributed by atoms with van der Waals surface area (Å²) in [5.41, 5.74) is 3.92. The van der Waals surface area contributed by atoms with Crippen LogP contribution in [0.2, 0.25) is 0 Å². The quantitative estimate of drug-likeness (QED) is 0.752. The Morgan fingerprint density at radius 1 is 1.04 bits per heavy atom. The average molecular weight is 420 g/mol. The van der Waals surface area contributed by atoms with E-state index in [0.717, 1.165) is 24.3 Å². The van der Waals surface area contributed by atoms with Crippen molar-refractivity contribution >= 4 is 46.4 Å². The molecule has 1 fully saturated rings. The van der Waals surface area contributed by atoms with E-state index in [9.17, 15) is 9.59 Å². The van der Waals surface area contributed by atoms with Crippen molar-refractivity contribution in [3.63, 3.8) is 0 Å². The lowest BCUT2D eigenvalue weighted by Gasteiger charge is -2.36. The predicted octanol–water partition coefficient (Wildman–Crippen LogP) is 3.63. The van der Waals surface area contributed by atoms with E-state index in [1.807, 2.05) is 54.3 Å². The summed E-state index contributed by atoms with van der Waals surface area (Å²) >= 11 is 11.1. The molecule has 0 bridgehead atoms. The summed E-state index contributed by atoms with van der Waals surface area (Å²) < 4.78 is 0. The lowest BCUT2D eigenvalue weighted by molar-refractivity contribution is -0.130. The molecule has 0 radical (unpaired) electrons. The summed E-state index contributed by atoms with van der Waals surface area (Å²) in [4.78, 5) is 27.2. The molecule has 1 N–H and O–H groups in total. The average Bonchev–Trinajstić information content (AvgIpc) is 2.68. The Labute approximate surface area is 175 Å². The fourth-order valence-corrected chi connectivity index (χ4v) is 3.38. The molecule has 0 unspecified atom stereocenters. The van der Waals surface area contributed by atoms with Gasteiger partial charge in [-0.25, -0.2) is 0 Å². The molecule has 0 atom stereocenters. The van der Waals surface area contributed by atoms with Crippen LogP contribution < -0.4 is 10.2 Å². The van der Waals surface area contributed by atoms with E-state index in [0.29, 0.717) is 25.2 Å². The third-order valence-corrected chi connectivity index (χ3v) is 5.16. The van der Waals surface area contributed by atoms with Crippen molar-refractivity contribution in [2.45, 2.75) is 18.2 Å². The van der Waals surface area contributed by atoms with E-state index in [2.05, 4.69) is 16.3 Å². The number of hydrogen-bond acceptors (Lipinski definition) is 3. The molecular weight excluding hydrogens is 397 g/mol. The Balaban J connectivity index is 1.52. The molecular formula is C21H23Cl2N3O2. The molecule has 2 amide bonds. The van der Waals surface area contributed by atoms with Crippen LogP contribution in [-0.4, -0.2) is 47.7 Å².